The first-order valence-electron chi connectivity index (χ1n) is 2.68. The van der Waals surface area contributed by atoms with Gasteiger partial charge in [-0.05, 0) is 12.1 Å². The summed E-state index contributed by atoms with van der Waals surface area (Å²) in [6, 6.07) is 8.02. The van der Waals surface area contributed by atoms with Gasteiger partial charge in [-0.2, -0.15) is 0 Å². The Balaban J connectivity index is 2.63. The molecule has 0 atom stereocenters. The van der Waals surface area contributed by atoms with Crippen LogP contribution >= 0.6 is 11.8 Å². The number of nitrogens with zero attached hydrogens (tertiary/aromatic N) is 1. The average molecular weight is 134 g/mol. The Hall–Kier alpha value is -0.850. The number of rotatable bonds is 0. The smallest absolute Gasteiger partial charge is 0.0572 e. The van der Waals surface area contributed by atoms with Crippen LogP contribution in [0.15, 0.2) is 34.2 Å². The van der Waals surface area contributed by atoms with Gasteiger partial charge in [0.25, 0.3) is 5.55 Å². The molecule has 1 aromatic rings. The third-order valence-corrected chi connectivity index (χ3v) is 1.93. The first kappa shape index (κ1) is 4.98. The van der Waals surface area contributed by atoms with Gasteiger partial charge < -0.3 is 0 Å². The van der Waals surface area contributed by atoms with Gasteiger partial charge >= 0.3 is 0 Å². The predicted molar refractivity (Wildman–Crippen MR) is 39.4 cm³/mol. The molecule has 1 nitrogen and oxygen atoms in total. The maximum absolute atomic E-state index is 4.01. The number of hydrogen-bond donors (Lipinski definition) is 0. The van der Waals surface area contributed by atoms with Crippen LogP contribution in [0.5, 0.6) is 0 Å². The van der Waals surface area contributed by atoms with Gasteiger partial charge in [0.15, 0.2) is 4.90 Å². The number of para-hydroxylation sites is 1. The molecule has 0 fully saturated rings. The summed E-state index contributed by atoms with van der Waals surface area (Å²) >= 11 is 1.55. The van der Waals surface area contributed by atoms with Gasteiger partial charge in [0.05, 0.1) is 6.07 Å². The molecule has 1 aliphatic heterocycles. The van der Waals surface area contributed by atoms with E-state index in [4.69, 9.17) is 0 Å². The van der Waals surface area contributed by atoms with Gasteiger partial charge in [0.2, 0.25) is 5.69 Å². The Kier molecular flexibility index (Phi) is 1.01. The summed E-state index contributed by atoms with van der Waals surface area (Å²) < 4.78 is 0. The first-order valence-corrected chi connectivity index (χ1v) is 3.50. The normalized spacial score (nSPS) is 12.9. The van der Waals surface area contributed by atoms with Crippen LogP contribution < -0.4 is 0 Å². The lowest BCUT2D eigenvalue weighted by atomic mass is 10.3. The van der Waals surface area contributed by atoms with Crippen molar-refractivity contribution in [3.05, 3.63) is 24.3 Å². The Bertz CT molecular complexity index is 255. The molecular weight excluding hydrogens is 130 g/mol. The summed E-state index contributed by atoms with van der Waals surface area (Å²) in [6.07, 6.45) is 0. The highest BCUT2D eigenvalue weighted by atomic mass is 32.2. The third-order valence-electron chi connectivity index (χ3n) is 1.19. The minimum absolute atomic E-state index is 1.04. The highest BCUT2D eigenvalue weighted by Crippen LogP contribution is 2.32. The van der Waals surface area contributed by atoms with Crippen LogP contribution in [0.1, 0.15) is 0 Å². The van der Waals surface area contributed by atoms with Crippen molar-refractivity contribution in [1.82, 2.24) is 0 Å². The summed E-state index contributed by atoms with van der Waals surface area (Å²) in [5, 5.41) is 0. The van der Waals surface area contributed by atoms with E-state index in [1.54, 1.807) is 11.8 Å². The van der Waals surface area contributed by atoms with E-state index in [1.807, 2.05) is 24.3 Å². The molecule has 2 heteroatoms. The number of aliphatic imine (C=N–C) groups is 1. The van der Waals surface area contributed by atoms with Gasteiger partial charge in [-0.25, -0.2) is 0 Å². The fraction of sp³-hybridized carbons (Fsp3) is 0. The van der Waals surface area contributed by atoms with Crippen molar-refractivity contribution in [2.75, 3.05) is 0 Å². The van der Waals surface area contributed by atoms with Crippen molar-refractivity contribution >= 4 is 23.0 Å². The van der Waals surface area contributed by atoms with Crippen LogP contribution in [-0.2, 0) is 0 Å². The molecule has 0 spiro atoms. The molecule has 2 rings (SSSR count). The fourth-order valence-corrected chi connectivity index (χ4v) is 1.36. The van der Waals surface area contributed by atoms with Gasteiger partial charge in [-0.3, -0.25) is 0 Å². The Morgan fingerprint density at radius 1 is 1.33 bits per heavy atom. The van der Waals surface area contributed by atoms with Crippen molar-refractivity contribution in [2.24, 2.45) is 4.99 Å². The van der Waals surface area contributed by atoms with E-state index in [1.165, 1.54) is 4.90 Å². The van der Waals surface area contributed by atoms with Crippen molar-refractivity contribution < 1.29 is 0 Å². The maximum Gasteiger partial charge on any atom is 0.272 e. The SMILES string of the molecule is [C+]1=Nc2ccccc2S1. The lowest BCUT2D eigenvalue weighted by molar-refractivity contribution is 1.41. The van der Waals surface area contributed by atoms with Crippen molar-refractivity contribution in [2.45, 2.75) is 4.90 Å². The van der Waals surface area contributed by atoms with E-state index in [0.29, 0.717) is 0 Å². The molecule has 0 unspecified atom stereocenters. The Morgan fingerprint density at radius 3 is 3.11 bits per heavy atom. The van der Waals surface area contributed by atoms with Gasteiger partial charge in [-0.15, -0.1) is 0 Å². The lowest BCUT2D eigenvalue weighted by Gasteiger charge is -1.79. The maximum atomic E-state index is 4.01. The number of fused-ring (bicyclic) bond motifs is 1. The second-order valence-electron chi connectivity index (χ2n) is 1.77. The molecule has 0 aliphatic carbocycles. The molecule has 9 heavy (non-hydrogen) atoms. The van der Waals surface area contributed by atoms with E-state index < -0.39 is 0 Å². The van der Waals surface area contributed by atoms with Crippen molar-refractivity contribution in [1.29, 1.82) is 0 Å². The van der Waals surface area contributed by atoms with Crippen molar-refractivity contribution in [3.8, 4) is 0 Å². The van der Waals surface area contributed by atoms with Gasteiger partial charge in [0.1, 0.15) is 11.8 Å². The standard InChI is InChI=1S/C7H4NS/c1-2-4-7-6(3-1)8-5-9-7/h1-4H/q+1. The quantitative estimate of drug-likeness (QED) is 0.496. The van der Waals surface area contributed by atoms with Crippen LogP contribution in [0, 0.1) is 0 Å². The Morgan fingerprint density at radius 2 is 2.22 bits per heavy atom. The zero-order chi connectivity index (χ0) is 6.10. The summed E-state index contributed by atoms with van der Waals surface area (Å²) in [7, 11) is 0. The van der Waals surface area contributed by atoms with E-state index >= 15 is 0 Å². The summed E-state index contributed by atoms with van der Waals surface area (Å²) in [5.74, 6) is 0. The second-order valence-corrected chi connectivity index (χ2v) is 2.60. The zero-order valence-corrected chi connectivity index (χ0v) is 5.48. The first-order chi connectivity index (χ1) is 4.47. The second kappa shape index (κ2) is 1.83. The molecule has 0 saturated heterocycles. The molecule has 1 aliphatic rings. The number of hydrogen-bond acceptors (Lipinski definition) is 2. The van der Waals surface area contributed by atoms with Crippen LogP contribution in [0.25, 0.3) is 0 Å². The monoisotopic (exact) mass is 134 g/mol. The molecule has 0 amide bonds. The average Bonchev–Trinajstić information content (AvgIpc) is 2.33. The zero-order valence-electron chi connectivity index (χ0n) is 4.66. The lowest BCUT2D eigenvalue weighted by Crippen LogP contribution is -1.62. The predicted octanol–water partition coefficient (Wildman–Crippen LogP) is 2.33. The van der Waals surface area contributed by atoms with E-state index in [0.717, 1.165) is 5.69 Å². The van der Waals surface area contributed by atoms with Crippen LogP contribution in [0.4, 0.5) is 5.69 Å². The molecular formula is C7H4NS+. The van der Waals surface area contributed by atoms with Gasteiger partial charge in [0, 0.05) is 4.99 Å². The van der Waals surface area contributed by atoms with E-state index in [2.05, 4.69) is 10.5 Å². The molecule has 0 radical (unpaired) electrons. The highest BCUT2D eigenvalue weighted by molar-refractivity contribution is 8.12. The third kappa shape index (κ3) is 0.727. The van der Waals surface area contributed by atoms with Crippen LogP contribution in [0.3, 0.4) is 0 Å². The van der Waals surface area contributed by atoms with E-state index in [-0.39, 0.29) is 0 Å². The van der Waals surface area contributed by atoms with Gasteiger partial charge in [-0.1, -0.05) is 6.07 Å². The molecule has 0 aromatic heterocycles. The summed E-state index contributed by atoms with van der Waals surface area (Å²) in [4.78, 5) is 5.22. The van der Waals surface area contributed by atoms with E-state index in [9.17, 15) is 0 Å². The molecule has 0 N–H and O–H groups in total. The van der Waals surface area contributed by atoms with Crippen LogP contribution in [0.2, 0.25) is 0 Å². The Labute approximate surface area is 57.8 Å². The number of thioether (sulfide) groups is 1. The summed E-state index contributed by atoms with van der Waals surface area (Å²) in [6.45, 7) is 0. The molecule has 1 heterocycles. The highest BCUT2D eigenvalue weighted by Gasteiger charge is 2.17. The largest absolute Gasteiger partial charge is 0.272 e. The molecule has 0 bridgehead atoms. The molecule has 0 saturated carbocycles. The minimum Gasteiger partial charge on any atom is -0.0572 e. The molecule has 1 aromatic carbocycles. The molecule has 42 valence electrons. The number of benzene rings is 1. The topological polar surface area (TPSA) is 12.4 Å². The van der Waals surface area contributed by atoms with Crippen molar-refractivity contribution in [3.63, 3.8) is 0 Å². The van der Waals surface area contributed by atoms with Crippen LogP contribution in [-0.4, -0.2) is 5.55 Å². The minimum atomic E-state index is 1.04. The summed E-state index contributed by atoms with van der Waals surface area (Å²) in [5.41, 5.74) is 3.87. The fourth-order valence-electron chi connectivity index (χ4n) is 0.757.